The fraction of sp³-hybridized carbons (Fsp3) is 0.241. The minimum Gasteiger partial charge on any atom is -0.494 e. The number of pyridine rings is 1. The summed E-state index contributed by atoms with van der Waals surface area (Å²) in [7, 11) is 0. The molecule has 5 rings (SSSR count). The maximum Gasteiger partial charge on any atom is 0.303 e. The molecule has 0 spiro atoms. The molecule has 1 atom stereocenters. The van der Waals surface area contributed by atoms with Gasteiger partial charge in [0.05, 0.1) is 30.1 Å². The van der Waals surface area contributed by atoms with Gasteiger partial charge in [0.15, 0.2) is 0 Å². The SMILES string of the molecule is CCOc1ccc2cc(C3CC(c4ccc(-c5ccco5)cc4)=NN3C(=O)CCCC(=O)O)c(Cl)nc2c1. The topological polar surface area (TPSA) is 105 Å². The van der Waals surface area contributed by atoms with Gasteiger partial charge in [-0.2, -0.15) is 5.10 Å². The summed E-state index contributed by atoms with van der Waals surface area (Å²) in [6.45, 7) is 2.46. The van der Waals surface area contributed by atoms with Crippen molar-refractivity contribution >= 4 is 40.1 Å². The molecule has 1 aliphatic rings. The maximum absolute atomic E-state index is 13.2. The van der Waals surface area contributed by atoms with Crippen molar-refractivity contribution in [3.05, 3.63) is 83.2 Å². The first-order valence-electron chi connectivity index (χ1n) is 12.4. The number of benzene rings is 2. The second-order valence-electron chi connectivity index (χ2n) is 8.96. The molecule has 38 heavy (non-hydrogen) atoms. The number of hydrogen-bond donors (Lipinski definition) is 1. The number of halogens is 1. The maximum atomic E-state index is 13.2. The standard InChI is InChI=1S/C29H26ClN3O5/c1-2-37-21-13-12-20-15-22(29(30)31-23(20)16-21)25-17-24(32-33(25)27(34)6-3-7-28(35)36)18-8-10-19(11-9-18)26-5-4-14-38-26/h4-5,8-16,25H,2-3,6-7,17H2,1H3,(H,35,36). The van der Waals surface area contributed by atoms with Gasteiger partial charge in [-0.05, 0) is 49.2 Å². The van der Waals surface area contributed by atoms with Crippen LogP contribution < -0.4 is 4.74 Å². The van der Waals surface area contributed by atoms with Crippen molar-refractivity contribution in [3.8, 4) is 17.1 Å². The van der Waals surface area contributed by atoms with E-state index in [4.69, 9.17) is 25.9 Å². The van der Waals surface area contributed by atoms with Crippen LogP contribution >= 0.6 is 11.6 Å². The number of fused-ring (bicyclic) bond motifs is 1. The summed E-state index contributed by atoms with van der Waals surface area (Å²) < 4.78 is 11.1. The predicted octanol–water partition coefficient (Wildman–Crippen LogP) is 6.48. The summed E-state index contributed by atoms with van der Waals surface area (Å²) in [6.07, 6.45) is 2.27. The van der Waals surface area contributed by atoms with Crippen molar-refractivity contribution in [2.24, 2.45) is 5.10 Å². The molecule has 1 amide bonds. The van der Waals surface area contributed by atoms with Crippen LogP contribution in [0.2, 0.25) is 5.15 Å². The van der Waals surface area contributed by atoms with Crippen molar-refractivity contribution in [1.29, 1.82) is 0 Å². The van der Waals surface area contributed by atoms with Crippen molar-refractivity contribution < 1.29 is 23.8 Å². The Bertz CT molecular complexity index is 1500. The van der Waals surface area contributed by atoms with Crippen LogP contribution in [0.4, 0.5) is 0 Å². The van der Waals surface area contributed by atoms with Gasteiger partial charge in [-0.1, -0.05) is 35.9 Å². The lowest BCUT2D eigenvalue weighted by Crippen LogP contribution is -2.27. The second-order valence-corrected chi connectivity index (χ2v) is 9.32. The van der Waals surface area contributed by atoms with Crippen LogP contribution in [-0.4, -0.2) is 39.3 Å². The number of aromatic nitrogens is 1. The van der Waals surface area contributed by atoms with Crippen molar-refractivity contribution in [1.82, 2.24) is 9.99 Å². The highest BCUT2D eigenvalue weighted by atomic mass is 35.5. The molecule has 1 unspecified atom stereocenters. The molecule has 194 valence electrons. The molecule has 4 aromatic rings. The zero-order valence-electron chi connectivity index (χ0n) is 20.8. The van der Waals surface area contributed by atoms with E-state index < -0.39 is 12.0 Å². The predicted molar refractivity (Wildman–Crippen MR) is 144 cm³/mol. The van der Waals surface area contributed by atoms with Crippen LogP contribution in [-0.2, 0) is 9.59 Å². The quantitative estimate of drug-likeness (QED) is 0.248. The third-order valence-corrected chi connectivity index (χ3v) is 6.71. The summed E-state index contributed by atoms with van der Waals surface area (Å²) in [5, 5.41) is 16.3. The van der Waals surface area contributed by atoms with Crippen LogP contribution in [0.5, 0.6) is 5.75 Å². The lowest BCUT2D eigenvalue weighted by Gasteiger charge is -2.23. The van der Waals surface area contributed by atoms with Gasteiger partial charge < -0.3 is 14.3 Å². The van der Waals surface area contributed by atoms with E-state index in [9.17, 15) is 9.59 Å². The number of hydrazone groups is 1. The molecule has 8 nitrogen and oxygen atoms in total. The Morgan fingerprint density at radius 1 is 1.11 bits per heavy atom. The zero-order chi connectivity index (χ0) is 26.6. The molecule has 0 saturated heterocycles. The molecule has 0 bridgehead atoms. The number of aliphatic carboxylic acids is 1. The molecule has 2 aromatic heterocycles. The number of ether oxygens (including phenoxy) is 1. The lowest BCUT2D eigenvalue weighted by atomic mass is 9.97. The molecular weight excluding hydrogens is 506 g/mol. The zero-order valence-corrected chi connectivity index (χ0v) is 21.5. The van der Waals surface area contributed by atoms with Crippen LogP contribution in [0.3, 0.4) is 0 Å². The van der Waals surface area contributed by atoms with Gasteiger partial charge >= 0.3 is 5.97 Å². The third kappa shape index (κ3) is 5.40. The lowest BCUT2D eigenvalue weighted by molar-refractivity contribution is -0.137. The molecule has 1 N–H and O–H groups in total. The fourth-order valence-corrected chi connectivity index (χ4v) is 4.83. The summed E-state index contributed by atoms with van der Waals surface area (Å²) in [5.41, 5.74) is 3.91. The number of carboxylic acids is 1. The van der Waals surface area contributed by atoms with Crippen LogP contribution in [0, 0.1) is 0 Å². The first-order chi connectivity index (χ1) is 18.4. The Kier molecular flexibility index (Phi) is 7.42. The Morgan fingerprint density at radius 3 is 2.61 bits per heavy atom. The minimum atomic E-state index is -0.940. The molecule has 0 saturated carbocycles. The monoisotopic (exact) mass is 531 g/mol. The van der Waals surface area contributed by atoms with E-state index in [1.807, 2.05) is 67.6 Å². The molecule has 1 aliphatic heterocycles. The number of nitrogens with zero attached hydrogens (tertiary/aromatic N) is 3. The largest absolute Gasteiger partial charge is 0.494 e. The van der Waals surface area contributed by atoms with Crippen LogP contribution in [0.25, 0.3) is 22.2 Å². The molecule has 0 radical (unpaired) electrons. The molecule has 0 aliphatic carbocycles. The Hall–Kier alpha value is -4.17. The van der Waals surface area contributed by atoms with Crippen molar-refractivity contribution in [2.75, 3.05) is 6.61 Å². The first-order valence-corrected chi connectivity index (χ1v) is 12.8. The summed E-state index contributed by atoms with van der Waals surface area (Å²) in [4.78, 5) is 28.8. The average molecular weight is 532 g/mol. The highest BCUT2D eigenvalue weighted by Crippen LogP contribution is 2.38. The van der Waals surface area contributed by atoms with Gasteiger partial charge in [0.2, 0.25) is 5.91 Å². The first kappa shape index (κ1) is 25.5. The average Bonchev–Trinajstić information content (AvgIpc) is 3.59. The number of amides is 1. The molecule has 9 heteroatoms. The van der Waals surface area contributed by atoms with Gasteiger partial charge in [-0.3, -0.25) is 9.59 Å². The Balaban J connectivity index is 1.47. The van der Waals surface area contributed by atoms with Gasteiger partial charge in [-0.15, -0.1) is 0 Å². The Morgan fingerprint density at radius 2 is 1.89 bits per heavy atom. The van der Waals surface area contributed by atoms with Crippen LogP contribution in [0.1, 0.15) is 49.8 Å². The highest BCUT2D eigenvalue weighted by molar-refractivity contribution is 6.30. The number of carbonyl (C=O) groups excluding carboxylic acids is 1. The second kappa shape index (κ2) is 11.1. The van der Waals surface area contributed by atoms with E-state index in [0.29, 0.717) is 29.9 Å². The van der Waals surface area contributed by atoms with E-state index in [0.717, 1.165) is 28.0 Å². The van der Waals surface area contributed by atoms with Crippen LogP contribution in [0.15, 0.2) is 76.4 Å². The third-order valence-electron chi connectivity index (χ3n) is 6.41. The number of rotatable bonds is 9. The molecular formula is C29H26ClN3O5. The van der Waals surface area contributed by atoms with E-state index in [1.54, 1.807) is 6.26 Å². The summed E-state index contributed by atoms with van der Waals surface area (Å²) >= 11 is 6.67. The minimum absolute atomic E-state index is 0.0629. The van der Waals surface area contributed by atoms with Crippen molar-refractivity contribution in [2.45, 2.75) is 38.6 Å². The molecule has 3 heterocycles. The smallest absolute Gasteiger partial charge is 0.303 e. The Labute approximate surface area is 224 Å². The summed E-state index contributed by atoms with van der Waals surface area (Å²) in [5.74, 6) is 0.265. The van der Waals surface area contributed by atoms with E-state index in [-0.39, 0.29) is 30.3 Å². The number of hydrogen-bond acceptors (Lipinski definition) is 6. The number of carbonyl (C=O) groups is 2. The van der Waals surface area contributed by atoms with Gasteiger partial charge in [0.1, 0.15) is 16.7 Å². The van der Waals surface area contributed by atoms with Crippen molar-refractivity contribution in [3.63, 3.8) is 0 Å². The van der Waals surface area contributed by atoms with Gasteiger partial charge in [0.25, 0.3) is 0 Å². The molecule has 2 aromatic carbocycles. The highest BCUT2D eigenvalue weighted by Gasteiger charge is 2.34. The number of furan rings is 1. The van der Waals surface area contributed by atoms with Gasteiger partial charge in [-0.25, -0.2) is 9.99 Å². The summed E-state index contributed by atoms with van der Waals surface area (Å²) in [6, 6.07) is 18.6. The van der Waals surface area contributed by atoms with Gasteiger partial charge in [0, 0.05) is 41.8 Å². The van der Waals surface area contributed by atoms with E-state index in [1.165, 1.54) is 5.01 Å². The normalized spacial score (nSPS) is 15.1. The fourth-order valence-electron chi connectivity index (χ4n) is 4.56. The number of carboxylic acid groups (broad SMARTS) is 1. The van der Waals surface area contributed by atoms with E-state index >= 15 is 0 Å². The van der Waals surface area contributed by atoms with E-state index in [2.05, 4.69) is 10.1 Å². The molecule has 0 fully saturated rings.